The van der Waals surface area contributed by atoms with Gasteiger partial charge in [-0.3, -0.25) is 9.78 Å². The Balaban J connectivity index is 1.54. The van der Waals surface area contributed by atoms with Crippen molar-refractivity contribution in [1.82, 2.24) is 14.2 Å². The molecule has 7 heteroatoms. The van der Waals surface area contributed by atoms with Crippen LogP contribution in [0.1, 0.15) is 36.9 Å². The zero-order valence-electron chi connectivity index (χ0n) is 16.3. The number of hydrogen-bond donors (Lipinski definition) is 0. The fourth-order valence-corrected chi connectivity index (χ4v) is 4.86. The number of pyridine rings is 1. The van der Waals surface area contributed by atoms with Gasteiger partial charge < -0.3 is 4.90 Å². The maximum absolute atomic E-state index is 12.7. The lowest BCUT2D eigenvalue weighted by molar-refractivity contribution is -0.130. The van der Waals surface area contributed by atoms with Gasteiger partial charge in [-0.15, -0.1) is 0 Å². The number of carbonyl (C=O) groups is 1. The van der Waals surface area contributed by atoms with E-state index in [0.29, 0.717) is 37.4 Å². The van der Waals surface area contributed by atoms with Crippen molar-refractivity contribution < 1.29 is 13.2 Å². The lowest BCUT2D eigenvalue weighted by Crippen LogP contribution is -2.35. The van der Waals surface area contributed by atoms with Gasteiger partial charge >= 0.3 is 0 Å². The number of benzene rings is 1. The van der Waals surface area contributed by atoms with Crippen molar-refractivity contribution in [2.24, 2.45) is 0 Å². The molecule has 0 atom stereocenters. The largest absolute Gasteiger partial charge is 0.340 e. The van der Waals surface area contributed by atoms with Gasteiger partial charge in [-0.1, -0.05) is 24.6 Å². The van der Waals surface area contributed by atoms with Crippen LogP contribution in [0, 0.1) is 0 Å². The van der Waals surface area contributed by atoms with Crippen molar-refractivity contribution >= 4 is 15.9 Å². The highest BCUT2D eigenvalue weighted by Crippen LogP contribution is 2.21. The first kappa shape index (κ1) is 20.5. The zero-order valence-corrected chi connectivity index (χ0v) is 17.1. The Labute approximate surface area is 167 Å². The summed E-state index contributed by atoms with van der Waals surface area (Å²) in [6.07, 6.45) is 5.61. The molecule has 6 nitrogen and oxygen atoms in total. The number of hydrogen-bond acceptors (Lipinski definition) is 4. The summed E-state index contributed by atoms with van der Waals surface area (Å²) in [6.45, 7) is 1.68. The number of aromatic nitrogens is 1. The third-order valence-electron chi connectivity index (χ3n) is 5.05. The quantitative estimate of drug-likeness (QED) is 0.715. The van der Waals surface area contributed by atoms with E-state index in [9.17, 15) is 13.2 Å². The molecule has 28 heavy (non-hydrogen) atoms. The fraction of sp³-hybridized carbons (Fsp3) is 0.429. The number of carbonyl (C=O) groups excluding carboxylic acids is 1. The van der Waals surface area contributed by atoms with E-state index in [1.165, 1.54) is 0 Å². The molecule has 1 aromatic carbocycles. The Kier molecular flexibility index (Phi) is 6.80. The van der Waals surface area contributed by atoms with Crippen LogP contribution in [0.3, 0.4) is 0 Å². The molecule has 0 bridgehead atoms. The summed E-state index contributed by atoms with van der Waals surface area (Å²) in [5.41, 5.74) is 1.81. The summed E-state index contributed by atoms with van der Waals surface area (Å²) in [5.74, 6) is 0.0377. The molecule has 3 rings (SSSR count). The van der Waals surface area contributed by atoms with Gasteiger partial charge in [-0.25, -0.2) is 8.42 Å². The van der Waals surface area contributed by atoms with Crippen LogP contribution < -0.4 is 0 Å². The minimum absolute atomic E-state index is 0.0377. The zero-order chi connectivity index (χ0) is 20.0. The van der Waals surface area contributed by atoms with Crippen molar-refractivity contribution in [2.45, 2.75) is 43.5 Å². The second-order valence-corrected chi connectivity index (χ2v) is 9.12. The van der Waals surface area contributed by atoms with Crippen LogP contribution in [0.2, 0.25) is 0 Å². The number of rotatable bonds is 7. The average molecular weight is 402 g/mol. The van der Waals surface area contributed by atoms with E-state index in [1.807, 2.05) is 30.3 Å². The summed E-state index contributed by atoms with van der Waals surface area (Å²) >= 11 is 0. The molecule has 0 unspecified atom stereocenters. The van der Waals surface area contributed by atoms with Gasteiger partial charge in [0, 0.05) is 32.8 Å². The monoisotopic (exact) mass is 401 g/mol. The number of piperidine rings is 1. The smallest absolute Gasteiger partial charge is 0.243 e. The maximum Gasteiger partial charge on any atom is 0.243 e. The molecule has 0 saturated carbocycles. The summed E-state index contributed by atoms with van der Waals surface area (Å²) in [7, 11) is -1.64. The Morgan fingerprint density at radius 2 is 1.79 bits per heavy atom. The van der Waals surface area contributed by atoms with E-state index < -0.39 is 10.0 Å². The predicted octanol–water partition coefficient (Wildman–Crippen LogP) is 2.85. The van der Waals surface area contributed by atoms with Crippen molar-refractivity contribution in [3.63, 3.8) is 0 Å². The fourth-order valence-electron chi connectivity index (χ4n) is 3.35. The molecule has 1 aliphatic rings. The Hall–Kier alpha value is -2.25. The van der Waals surface area contributed by atoms with Gasteiger partial charge in [0.2, 0.25) is 15.9 Å². The first-order chi connectivity index (χ1) is 13.5. The third kappa shape index (κ3) is 5.17. The second-order valence-electron chi connectivity index (χ2n) is 7.18. The van der Waals surface area contributed by atoms with Gasteiger partial charge in [0.05, 0.1) is 17.1 Å². The van der Waals surface area contributed by atoms with E-state index >= 15 is 0 Å². The molecule has 0 spiro atoms. The van der Waals surface area contributed by atoms with Crippen molar-refractivity contribution in [2.75, 3.05) is 20.1 Å². The Morgan fingerprint density at radius 1 is 1.07 bits per heavy atom. The topological polar surface area (TPSA) is 70.6 Å². The van der Waals surface area contributed by atoms with Crippen LogP contribution in [0.4, 0.5) is 0 Å². The summed E-state index contributed by atoms with van der Waals surface area (Å²) in [5, 5.41) is 0. The number of amides is 1. The molecule has 150 valence electrons. The van der Waals surface area contributed by atoms with E-state index in [4.69, 9.17) is 0 Å². The standard InChI is InChI=1S/C21H27N3O3S/c1-23(17-19-7-3-4-14-22-19)21(25)13-10-18-8-11-20(12-9-18)28(26,27)24-15-5-2-6-16-24/h3-4,7-9,11-12,14H,2,5-6,10,13,15-17H2,1H3. The summed E-state index contributed by atoms with van der Waals surface area (Å²) in [6, 6.07) is 12.6. The van der Waals surface area contributed by atoms with E-state index in [1.54, 1.807) is 34.6 Å². The van der Waals surface area contributed by atoms with Crippen molar-refractivity contribution in [3.8, 4) is 0 Å². The van der Waals surface area contributed by atoms with E-state index in [2.05, 4.69) is 4.98 Å². The van der Waals surface area contributed by atoms with Crippen LogP contribution in [0.25, 0.3) is 0 Å². The molecule has 1 saturated heterocycles. The van der Waals surface area contributed by atoms with E-state index in [0.717, 1.165) is 30.5 Å². The maximum atomic E-state index is 12.7. The molecule has 1 fully saturated rings. The Morgan fingerprint density at radius 3 is 2.43 bits per heavy atom. The van der Waals surface area contributed by atoms with Gasteiger partial charge in [0.15, 0.2) is 0 Å². The normalized spacial score (nSPS) is 15.3. The minimum Gasteiger partial charge on any atom is -0.340 e. The summed E-state index contributed by atoms with van der Waals surface area (Å²) in [4.78, 5) is 18.6. The summed E-state index contributed by atoms with van der Waals surface area (Å²) < 4.78 is 26.9. The first-order valence-corrected chi connectivity index (χ1v) is 11.1. The number of sulfonamides is 1. The second kappa shape index (κ2) is 9.30. The molecular formula is C21H27N3O3S. The highest BCUT2D eigenvalue weighted by molar-refractivity contribution is 7.89. The van der Waals surface area contributed by atoms with E-state index in [-0.39, 0.29) is 5.91 Å². The number of nitrogens with zero attached hydrogens (tertiary/aromatic N) is 3. The highest BCUT2D eigenvalue weighted by atomic mass is 32.2. The third-order valence-corrected chi connectivity index (χ3v) is 6.97. The van der Waals surface area contributed by atoms with Crippen LogP contribution in [-0.4, -0.2) is 48.7 Å². The van der Waals surface area contributed by atoms with Crippen LogP contribution >= 0.6 is 0 Å². The van der Waals surface area contributed by atoms with Gasteiger partial charge in [0.25, 0.3) is 0 Å². The average Bonchev–Trinajstić information content (AvgIpc) is 2.73. The molecule has 0 N–H and O–H groups in total. The van der Waals surface area contributed by atoms with Gasteiger partial charge in [-0.2, -0.15) is 4.31 Å². The molecule has 1 amide bonds. The highest BCUT2D eigenvalue weighted by Gasteiger charge is 2.25. The van der Waals surface area contributed by atoms with Crippen molar-refractivity contribution in [3.05, 3.63) is 59.9 Å². The minimum atomic E-state index is -3.41. The molecule has 2 aromatic rings. The van der Waals surface area contributed by atoms with Crippen LogP contribution in [0.5, 0.6) is 0 Å². The molecule has 2 heterocycles. The predicted molar refractivity (Wildman–Crippen MR) is 108 cm³/mol. The van der Waals surface area contributed by atoms with Gasteiger partial charge in [0.1, 0.15) is 0 Å². The Bertz CT molecular complexity index is 877. The lowest BCUT2D eigenvalue weighted by Gasteiger charge is -2.25. The van der Waals surface area contributed by atoms with Crippen LogP contribution in [0.15, 0.2) is 53.6 Å². The lowest BCUT2D eigenvalue weighted by atomic mass is 10.1. The van der Waals surface area contributed by atoms with Crippen molar-refractivity contribution in [1.29, 1.82) is 0 Å². The molecular weight excluding hydrogens is 374 g/mol. The van der Waals surface area contributed by atoms with Gasteiger partial charge in [-0.05, 0) is 49.1 Å². The molecule has 1 aromatic heterocycles. The number of aryl methyl sites for hydroxylation is 1. The SMILES string of the molecule is CN(Cc1ccccn1)C(=O)CCc1ccc(S(=O)(=O)N2CCCCC2)cc1. The molecule has 1 aliphatic heterocycles. The van der Waals surface area contributed by atoms with Crippen LogP contribution in [-0.2, 0) is 27.8 Å². The molecule has 0 aliphatic carbocycles. The molecule has 0 radical (unpaired) electrons. The first-order valence-electron chi connectivity index (χ1n) is 9.70.